The molecular formula is C27H27N3O4. The number of hydrogen-bond donors (Lipinski definition) is 0. The van der Waals surface area contributed by atoms with Gasteiger partial charge in [-0.3, -0.25) is 19.3 Å². The van der Waals surface area contributed by atoms with Crippen LogP contribution in [0.2, 0.25) is 0 Å². The first kappa shape index (κ1) is 23.0. The predicted octanol–water partition coefficient (Wildman–Crippen LogP) is 4.54. The summed E-state index contributed by atoms with van der Waals surface area (Å²) in [6.45, 7) is 3.63. The van der Waals surface area contributed by atoms with E-state index >= 15 is 0 Å². The zero-order valence-corrected chi connectivity index (χ0v) is 19.5. The standard InChI is InChI=1S/C27H27N3O4/c1-19(2)29(21-12-9-13-22(16-21)34-3)27(33)18-28-23-14-7-8-15-24(23)30(26(32)17-25(28)31)20-10-5-4-6-11-20/h4-16,19H,17-18H2,1-3H3. The lowest BCUT2D eigenvalue weighted by atomic mass is 10.2. The average molecular weight is 458 g/mol. The Balaban J connectivity index is 1.72. The third kappa shape index (κ3) is 4.50. The fraction of sp³-hybridized carbons (Fsp3) is 0.222. The molecule has 4 rings (SSSR count). The van der Waals surface area contributed by atoms with Crippen molar-refractivity contribution in [1.82, 2.24) is 0 Å². The smallest absolute Gasteiger partial charge is 0.247 e. The van der Waals surface area contributed by atoms with Gasteiger partial charge < -0.3 is 14.5 Å². The van der Waals surface area contributed by atoms with E-state index in [1.165, 1.54) is 4.90 Å². The summed E-state index contributed by atoms with van der Waals surface area (Å²) in [4.78, 5) is 44.5. The molecule has 174 valence electrons. The van der Waals surface area contributed by atoms with Gasteiger partial charge in [0.25, 0.3) is 0 Å². The molecule has 0 bridgehead atoms. The zero-order valence-electron chi connectivity index (χ0n) is 19.5. The molecule has 0 aromatic heterocycles. The van der Waals surface area contributed by atoms with E-state index in [9.17, 15) is 14.4 Å². The molecule has 0 fully saturated rings. The second-order valence-electron chi connectivity index (χ2n) is 8.27. The molecule has 1 aliphatic heterocycles. The van der Waals surface area contributed by atoms with Crippen molar-refractivity contribution in [2.45, 2.75) is 26.3 Å². The molecule has 0 N–H and O–H groups in total. The van der Waals surface area contributed by atoms with Crippen LogP contribution in [-0.4, -0.2) is 37.4 Å². The SMILES string of the molecule is COc1cccc(N(C(=O)CN2C(=O)CC(=O)N(c3ccccc3)c3ccccc32)C(C)C)c1. The number of para-hydroxylation sites is 3. The number of amides is 3. The minimum Gasteiger partial charge on any atom is -0.497 e. The van der Waals surface area contributed by atoms with Gasteiger partial charge in [-0.25, -0.2) is 0 Å². The molecule has 7 heteroatoms. The molecule has 3 aromatic carbocycles. The van der Waals surface area contributed by atoms with Crippen molar-refractivity contribution in [1.29, 1.82) is 0 Å². The number of anilines is 4. The van der Waals surface area contributed by atoms with Crippen LogP contribution in [0.15, 0.2) is 78.9 Å². The van der Waals surface area contributed by atoms with Crippen LogP contribution in [-0.2, 0) is 14.4 Å². The molecule has 3 aromatic rings. The Hall–Kier alpha value is -4.13. The maximum Gasteiger partial charge on any atom is 0.247 e. The maximum absolute atomic E-state index is 13.5. The van der Waals surface area contributed by atoms with Gasteiger partial charge in [-0.2, -0.15) is 0 Å². The molecule has 0 radical (unpaired) electrons. The summed E-state index contributed by atoms with van der Waals surface area (Å²) < 4.78 is 5.31. The molecular weight excluding hydrogens is 430 g/mol. The molecule has 0 saturated carbocycles. The van der Waals surface area contributed by atoms with Crippen molar-refractivity contribution >= 4 is 40.5 Å². The number of carbonyl (C=O) groups is 3. The first-order chi connectivity index (χ1) is 16.4. The fourth-order valence-electron chi connectivity index (χ4n) is 4.19. The summed E-state index contributed by atoms with van der Waals surface area (Å²) >= 11 is 0. The van der Waals surface area contributed by atoms with Gasteiger partial charge in [0.1, 0.15) is 18.7 Å². The number of hydrogen-bond acceptors (Lipinski definition) is 4. The van der Waals surface area contributed by atoms with Crippen LogP contribution in [0.25, 0.3) is 0 Å². The summed E-state index contributed by atoms with van der Waals surface area (Å²) in [7, 11) is 1.57. The van der Waals surface area contributed by atoms with Gasteiger partial charge in [-0.15, -0.1) is 0 Å². The first-order valence-electron chi connectivity index (χ1n) is 11.1. The third-order valence-electron chi connectivity index (χ3n) is 5.69. The van der Waals surface area contributed by atoms with Crippen LogP contribution < -0.4 is 19.4 Å². The predicted molar refractivity (Wildman–Crippen MR) is 133 cm³/mol. The lowest BCUT2D eigenvalue weighted by molar-refractivity contribution is -0.127. The van der Waals surface area contributed by atoms with E-state index in [1.807, 2.05) is 68.4 Å². The summed E-state index contributed by atoms with van der Waals surface area (Å²) in [5.74, 6) is -0.381. The fourth-order valence-corrected chi connectivity index (χ4v) is 4.19. The molecule has 7 nitrogen and oxygen atoms in total. The van der Waals surface area contributed by atoms with Gasteiger partial charge in [0.05, 0.1) is 18.5 Å². The van der Waals surface area contributed by atoms with Crippen LogP contribution in [0.5, 0.6) is 5.75 Å². The highest BCUT2D eigenvalue weighted by atomic mass is 16.5. The topological polar surface area (TPSA) is 70.2 Å². The Labute approximate surface area is 199 Å². The van der Waals surface area contributed by atoms with E-state index in [2.05, 4.69) is 0 Å². The van der Waals surface area contributed by atoms with Crippen LogP contribution >= 0.6 is 0 Å². The number of rotatable bonds is 6. The van der Waals surface area contributed by atoms with Crippen molar-refractivity contribution < 1.29 is 19.1 Å². The molecule has 0 unspecified atom stereocenters. The molecule has 1 heterocycles. The molecule has 0 atom stereocenters. The monoisotopic (exact) mass is 457 g/mol. The lowest BCUT2D eigenvalue weighted by Gasteiger charge is -2.31. The van der Waals surface area contributed by atoms with Gasteiger partial charge in [-0.05, 0) is 50.2 Å². The van der Waals surface area contributed by atoms with E-state index in [4.69, 9.17) is 4.74 Å². The number of ether oxygens (including phenoxy) is 1. The van der Waals surface area contributed by atoms with Gasteiger partial charge in [0.15, 0.2) is 0 Å². The summed E-state index contributed by atoms with van der Waals surface area (Å²) in [6.07, 6.45) is -0.336. The average Bonchev–Trinajstić information content (AvgIpc) is 2.93. The highest BCUT2D eigenvalue weighted by Gasteiger charge is 2.34. The molecule has 0 spiro atoms. The lowest BCUT2D eigenvalue weighted by Crippen LogP contribution is -2.46. The Morgan fingerprint density at radius 3 is 2.26 bits per heavy atom. The Morgan fingerprint density at radius 2 is 1.59 bits per heavy atom. The van der Waals surface area contributed by atoms with Crippen LogP contribution in [0.1, 0.15) is 20.3 Å². The van der Waals surface area contributed by atoms with Gasteiger partial charge in [0.2, 0.25) is 17.7 Å². The molecule has 34 heavy (non-hydrogen) atoms. The zero-order chi connectivity index (χ0) is 24.2. The quantitative estimate of drug-likeness (QED) is 0.510. The van der Waals surface area contributed by atoms with Crippen molar-refractivity contribution in [3.05, 3.63) is 78.9 Å². The summed E-state index contributed by atoms with van der Waals surface area (Å²) in [5, 5.41) is 0. The van der Waals surface area contributed by atoms with Crippen molar-refractivity contribution in [3.8, 4) is 5.75 Å². The number of nitrogens with zero attached hydrogens (tertiary/aromatic N) is 3. The van der Waals surface area contributed by atoms with Crippen LogP contribution in [0, 0.1) is 0 Å². The first-order valence-corrected chi connectivity index (χ1v) is 11.1. The van der Waals surface area contributed by atoms with Crippen LogP contribution in [0.3, 0.4) is 0 Å². The molecule has 0 saturated heterocycles. The maximum atomic E-state index is 13.5. The van der Waals surface area contributed by atoms with Gasteiger partial charge in [0, 0.05) is 23.5 Å². The third-order valence-corrected chi connectivity index (χ3v) is 5.69. The minimum absolute atomic E-state index is 0.153. The molecule has 0 aliphatic carbocycles. The number of methoxy groups -OCH3 is 1. The Morgan fingerprint density at radius 1 is 0.912 bits per heavy atom. The molecule has 1 aliphatic rings. The number of carbonyl (C=O) groups excluding carboxylic acids is 3. The normalized spacial score (nSPS) is 13.5. The van der Waals surface area contributed by atoms with E-state index in [1.54, 1.807) is 41.2 Å². The van der Waals surface area contributed by atoms with Gasteiger partial charge in [-0.1, -0.05) is 36.4 Å². The largest absolute Gasteiger partial charge is 0.497 e. The second kappa shape index (κ2) is 9.79. The van der Waals surface area contributed by atoms with Crippen LogP contribution in [0.4, 0.5) is 22.7 Å². The highest BCUT2D eigenvalue weighted by Crippen LogP contribution is 2.38. The second-order valence-corrected chi connectivity index (χ2v) is 8.27. The van der Waals surface area contributed by atoms with E-state index in [0.29, 0.717) is 28.5 Å². The minimum atomic E-state index is -0.418. The van der Waals surface area contributed by atoms with E-state index in [0.717, 1.165) is 0 Å². The Kier molecular flexibility index (Phi) is 6.63. The van der Waals surface area contributed by atoms with Crippen molar-refractivity contribution in [3.63, 3.8) is 0 Å². The van der Waals surface area contributed by atoms with Gasteiger partial charge >= 0.3 is 0 Å². The molecule has 3 amide bonds. The van der Waals surface area contributed by atoms with E-state index in [-0.39, 0.29) is 30.8 Å². The number of fused-ring (bicyclic) bond motifs is 1. The summed E-state index contributed by atoms with van der Waals surface area (Å²) in [5.41, 5.74) is 2.43. The summed E-state index contributed by atoms with van der Waals surface area (Å²) in [6, 6.07) is 23.5. The highest BCUT2D eigenvalue weighted by molar-refractivity contribution is 6.19. The van der Waals surface area contributed by atoms with Crippen molar-refractivity contribution in [2.24, 2.45) is 0 Å². The van der Waals surface area contributed by atoms with E-state index < -0.39 is 5.91 Å². The Bertz CT molecular complexity index is 1210. The van der Waals surface area contributed by atoms with Crippen molar-refractivity contribution in [2.75, 3.05) is 28.4 Å². The number of benzene rings is 3.